The predicted octanol–water partition coefficient (Wildman–Crippen LogP) is 1.40. The fourth-order valence-electron chi connectivity index (χ4n) is 2.48. The number of benzene rings is 1. The zero-order chi connectivity index (χ0) is 13.2. The Labute approximate surface area is 108 Å². The molecule has 4 heteroatoms. The van der Waals surface area contributed by atoms with E-state index in [-0.39, 0.29) is 24.1 Å². The molecule has 2 rings (SSSR count). The molecule has 4 nitrogen and oxygen atoms in total. The van der Waals surface area contributed by atoms with Crippen LogP contribution in [0.1, 0.15) is 20.3 Å². The van der Waals surface area contributed by atoms with Gasteiger partial charge in [0.1, 0.15) is 5.75 Å². The normalized spacial score (nSPS) is 21.9. The lowest BCUT2D eigenvalue weighted by molar-refractivity contribution is -0.136. The van der Waals surface area contributed by atoms with Crippen molar-refractivity contribution in [1.82, 2.24) is 4.90 Å². The quantitative estimate of drug-likeness (QED) is 0.879. The maximum Gasteiger partial charge on any atom is 0.261 e. The number of para-hydroxylation sites is 1. The van der Waals surface area contributed by atoms with Gasteiger partial charge < -0.3 is 15.4 Å². The van der Waals surface area contributed by atoms with Crippen molar-refractivity contribution < 1.29 is 9.53 Å². The smallest absolute Gasteiger partial charge is 0.261 e. The summed E-state index contributed by atoms with van der Waals surface area (Å²) in [7, 11) is 0. The van der Waals surface area contributed by atoms with E-state index in [0.29, 0.717) is 12.3 Å². The van der Waals surface area contributed by atoms with Gasteiger partial charge in [-0.3, -0.25) is 4.79 Å². The Morgan fingerprint density at radius 3 is 2.67 bits per heavy atom. The Balaban J connectivity index is 1.93. The Morgan fingerprint density at radius 2 is 2.11 bits per heavy atom. The summed E-state index contributed by atoms with van der Waals surface area (Å²) in [4.78, 5) is 13.9. The highest BCUT2D eigenvalue weighted by Crippen LogP contribution is 2.27. The lowest BCUT2D eigenvalue weighted by Crippen LogP contribution is -2.45. The third-order valence-corrected chi connectivity index (χ3v) is 3.32. The van der Waals surface area contributed by atoms with Crippen molar-refractivity contribution in [3.05, 3.63) is 30.3 Å². The molecule has 1 heterocycles. The molecule has 1 fully saturated rings. The van der Waals surface area contributed by atoms with E-state index in [0.717, 1.165) is 6.42 Å². The second-order valence-electron chi connectivity index (χ2n) is 5.38. The summed E-state index contributed by atoms with van der Waals surface area (Å²) in [5.74, 6) is 0.712. The predicted molar refractivity (Wildman–Crippen MR) is 70.3 cm³/mol. The highest BCUT2D eigenvalue weighted by atomic mass is 16.5. The van der Waals surface area contributed by atoms with Crippen molar-refractivity contribution in [3.8, 4) is 5.75 Å². The third kappa shape index (κ3) is 2.82. The fraction of sp³-hybridized carbons (Fsp3) is 0.500. The van der Waals surface area contributed by atoms with Gasteiger partial charge in [0, 0.05) is 18.1 Å². The minimum absolute atomic E-state index is 0.00296. The van der Waals surface area contributed by atoms with Crippen LogP contribution in [-0.4, -0.2) is 35.5 Å². The average molecular weight is 248 g/mol. The second-order valence-corrected chi connectivity index (χ2v) is 5.38. The van der Waals surface area contributed by atoms with Crippen molar-refractivity contribution in [2.45, 2.75) is 31.8 Å². The molecule has 1 aromatic carbocycles. The molecular formula is C14H20N2O2. The lowest BCUT2D eigenvalue weighted by Gasteiger charge is -2.31. The number of carbonyl (C=O) groups excluding carboxylic acids is 1. The van der Waals surface area contributed by atoms with E-state index in [9.17, 15) is 4.79 Å². The largest absolute Gasteiger partial charge is 0.484 e. The number of nitrogens with zero attached hydrogens (tertiary/aromatic N) is 1. The van der Waals surface area contributed by atoms with Gasteiger partial charge in [-0.1, -0.05) is 18.2 Å². The average Bonchev–Trinajstić information content (AvgIpc) is 2.61. The molecule has 1 aliphatic rings. The van der Waals surface area contributed by atoms with Gasteiger partial charge >= 0.3 is 0 Å². The summed E-state index contributed by atoms with van der Waals surface area (Å²) in [5.41, 5.74) is 5.74. The van der Waals surface area contributed by atoms with E-state index in [1.807, 2.05) is 49.1 Å². The zero-order valence-electron chi connectivity index (χ0n) is 10.9. The van der Waals surface area contributed by atoms with Crippen molar-refractivity contribution in [2.75, 3.05) is 13.2 Å². The number of rotatable bonds is 3. The first-order valence-electron chi connectivity index (χ1n) is 6.23. The van der Waals surface area contributed by atoms with Crippen molar-refractivity contribution in [1.29, 1.82) is 0 Å². The molecular weight excluding hydrogens is 228 g/mol. The first kappa shape index (κ1) is 12.9. The second kappa shape index (κ2) is 4.98. The van der Waals surface area contributed by atoms with Gasteiger partial charge in [0.15, 0.2) is 6.61 Å². The van der Waals surface area contributed by atoms with Gasteiger partial charge in [-0.05, 0) is 32.4 Å². The fourth-order valence-corrected chi connectivity index (χ4v) is 2.48. The monoisotopic (exact) mass is 248 g/mol. The van der Waals surface area contributed by atoms with Crippen molar-refractivity contribution in [2.24, 2.45) is 5.73 Å². The first-order chi connectivity index (χ1) is 8.49. The summed E-state index contributed by atoms with van der Waals surface area (Å²) < 4.78 is 5.48. The molecule has 1 unspecified atom stereocenters. The van der Waals surface area contributed by atoms with E-state index in [1.165, 1.54) is 0 Å². The molecule has 1 aromatic rings. The third-order valence-electron chi connectivity index (χ3n) is 3.32. The maximum absolute atomic E-state index is 12.1. The molecule has 1 amide bonds. The van der Waals surface area contributed by atoms with Crippen LogP contribution in [0.4, 0.5) is 0 Å². The minimum atomic E-state index is -0.170. The number of hydrogen-bond donors (Lipinski definition) is 1. The van der Waals surface area contributed by atoms with Crippen LogP contribution < -0.4 is 10.5 Å². The maximum atomic E-state index is 12.1. The topological polar surface area (TPSA) is 55.6 Å². The van der Waals surface area contributed by atoms with Gasteiger partial charge in [-0.15, -0.1) is 0 Å². The highest BCUT2D eigenvalue weighted by Gasteiger charge is 2.39. The van der Waals surface area contributed by atoms with Crippen LogP contribution in [0.3, 0.4) is 0 Å². The Hall–Kier alpha value is -1.55. The van der Waals surface area contributed by atoms with E-state index in [4.69, 9.17) is 10.5 Å². The van der Waals surface area contributed by atoms with Crippen LogP contribution in [0.25, 0.3) is 0 Å². The molecule has 98 valence electrons. The van der Waals surface area contributed by atoms with Crippen molar-refractivity contribution >= 4 is 5.91 Å². The molecule has 1 atom stereocenters. The molecule has 2 N–H and O–H groups in total. The van der Waals surface area contributed by atoms with E-state index < -0.39 is 0 Å². The molecule has 0 saturated carbocycles. The SMILES string of the molecule is CC1(C)CC(N)CN1C(=O)COc1ccccc1. The summed E-state index contributed by atoms with van der Waals surface area (Å²) >= 11 is 0. The van der Waals surface area contributed by atoms with Gasteiger partial charge in [0.2, 0.25) is 0 Å². The summed E-state index contributed by atoms with van der Waals surface area (Å²) in [6, 6.07) is 9.44. The zero-order valence-corrected chi connectivity index (χ0v) is 10.9. The number of hydrogen-bond acceptors (Lipinski definition) is 3. The van der Waals surface area contributed by atoms with Gasteiger partial charge in [0.25, 0.3) is 5.91 Å². The summed E-state index contributed by atoms with van der Waals surface area (Å²) in [6.07, 6.45) is 0.837. The molecule has 0 radical (unpaired) electrons. The van der Waals surface area contributed by atoms with Gasteiger partial charge in [0.05, 0.1) is 0 Å². The van der Waals surface area contributed by atoms with E-state index >= 15 is 0 Å². The summed E-state index contributed by atoms with van der Waals surface area (Å²) in [6.45, 7) is 4.77. The molecule has 1 saturated heterocycles. The molecule has 1 aliphatic heterocycles. The van der Waals surface area contributed by atoms with Crippen LogP contribution in [0.2, 0.25) is 0 Å². The Bertz CT molecular complexity index is 417. The Morgan fingerprint density at radius 1 is 1.44 bits per heavy atom. The number of nitrogens with two attached hydrogens (primary N) is 1. The van der Waals surface area contributed by atoms with Crippen LogP contribution in [0.15, 0.2) is 30.3 Å². The highest BCUT2D eigenvalue weighted by molar-refractivity contribution is 5.79. The first-order valence-corrected chi connectivity index (χ1v) is 6.23. The molecule has 18 heavy (non-hydrogen) atoms. The van der Waals surface area contributed by atoms with Crippen LogP contribution in [0, 0.1) is 0 Å². The van der Waals surface area contributed by atoms with Gasteiger partial charge in [-0.2, -0.15) is 0 Å². The van der Waals surface area contributed by atoms with Crippen LogP contribution in [0.5, 0.6) is 5.75 Å². The number of likely N-dealkylation sites (tertiary alicyclic amines) is 1. The van der Waals surface area contributed by atoms with Crippen LogP contribution in [-0.2, 0) is 4.79 Å². The molecule has 0 aliphatic carbocycles. The minimum Gasteiger partial charge on any atom is -0.484 e. The molecule has 0 bridgehead atoms. The lowest BCUT2D eigenvalue weighted by atomic mass is 10.0. The standard InChI is InChI=1S/C14H20N2O2/c1-14(2)8-11(15)9-16(14)13(17)10-18-12-6-4-3-5-7-12/h3-7,11H,8-10,15H2,1-2H3. The van der Waals surface area contributed by atoms with Gasteiger partial charge in [-0.25, -0.2) is 0 Å². The number of carbonyl (C=O) groups is 1. The summed E-state index contributed by atoms with van der Waals surface area (Å²) in [5, 5.41) is 0. The van der Waals surface area contributed by atoms with Crippen LogP contribution >= 0.6 is 0 Å². The van der Waals surface area contributed by atoms with E-state index in [1.54, 1.807) is 0 Å². The molecule has 0 aromatic heterocycles. The van der Waals surface area contributed by atoms with Crippen molar-refractivity contribution in [3.63, 3.8) is 0 Å². The Kier molecular flexibility index (Phi) is 3.57. The molecule has 0 spiro atoms. The van der Waals surface area contributed by atoms with E-state index in [2.05, 4.69) is 0 Å². The number of ether oxygens (including phenoxy) is 1. The number of amides is 1.